The number of rotatable bonds is 3. The fourth-order valence-electron chi connectivity index (χ4n) is 2.40. The summed E-state index contributed by atoms with van der Waals surface area (Å²) in [6, 6.07) is 8.66. The lowest BCUT2D eigenvalue weighted by molar-refractivity contribution is 0.0861. The molecule has 1 heterocycles. The van der Waals surface area contributed by atoms with E-state index in [2.05, 4.69) is 51.0 Å². The van der Waals surface area contributed by atoms with Crippen LogP contribution in [-0.4, -0.2) is 37.2 Å². The molecule has 0 saturated carbocycles. The Labute approximate surface area is 116 Å². The van der Waals surface area contributed by atoms with Crippen LogP contribution in [0.1, 0.15) is 27.7 Å². The first-order valence-corrected chi connectivity index (χ1v) is 7.07. The molecule has 2 atom stereocenters. The van der Waals surface area contributed by atoms with E-state index in [0.717, 1.165) is 24.5 Å². The normalized spacial score (nSPS) is 20.4. The van der Waals surface area contributed by atoms with E-state index in [1.165, 1.54) is 0 Å². The van der Waals surface area contributed by atoms with Gasteiger partial charge in [0.2, 0.25) is 0 Å². The molecule has 2 unspecified atom stereocenters. The summed E-state index contributed by atoms with van der Waals surface area (Å²) in [5, 5.41) is 3.44. The van der Waals surface area contributed by atoms with Crippen LogP contribution in [0.4, 0.5) is 5.69 Å². The molecule has 106 valence electrons. The van der Waals surface area contributed by atoms with Crippen LogP contribution in [0, 0.1) is 5.41 Å². The van der Waals surface area contributed by atoms with Crippen molar-refractivity contribution >= 4 is 5.69 Å². The highest BCUT2D eigenvalue weighted by molar-refractivity contribution is 5.57. The molecule has 2 rings (SSSR count). The molecule has 3 nitrogen and oxygen atoms in total. The molecule has 19 heavy (non-hydrogen) atoms. The van der Waals surface area contributed by atoms with Gasteiger partial charge in [0.05, 0.1) is 12.2 Å². The van der Waals surface area contributed by atoms with Gasteiger partial charge in [0.15, 0.2) is 0 Å². The van der Waals surface area contributed by atoms with Gasteiger partial charge in [-0.15, -0.1) is 0 Å². The van der Waals surface area contributed by atoms with Crippen molar-refractivity contribution in [3.8, 4) is 5.75 Å². The summed E-state index contributed by atoms with van der Waals surface area (Å²) in [7, 11) is 2.18. The Balaban J connectivity index is 1.95. The van der Waals surface area contributed by atoms with Crippen molar-refractivity contribution in [1.82, 2.24) is 4.90 Å². The van der Waals surface area contributed by atoms with E-state index in [0.29, 0.717) is 6.04 Å². The van der Waals surface area contributed by atoms with Crippen LogP contribution in [0.2, 0.25) is 0 Å². The summed E-state index contributed by atoms with van der Waals surface area (Å²) in [6.45, 7) is 10.9. The molecular weight excluding hydrogens is 236 g/mol. The smallest absolute Gasteiger partial charge is 0.142 e. The number of ether oxygens (including phenoxy) is 1. The van der Waals surface area contributed by atoms with E-state index >= 15 is 0 Å². The van der Waals surface area contributed by atoms with Crippen LogP contribution >= 0.6 is 0 Å². The van der Waals surface area contributed by atoms with Gasteiger partial charge >= 0.3 is 0 Å². The van der Waals surface area contributed by atoms with Gasteiger partial charge in [0, 0.05) is 12.6 Å². The first kappa shape index (κ1) is 14.2. The number of benzene rings is 1. The minimum atomic E-state index is 0.213. The number of para-hydroxylation sites is 2. The second kappa shape index (κ2) is 5.41. The quantitative estimate of drug-likeness (QED) is 0.905. The van der Waals surface area contributed by atoms with Gasteiger partial charge in [0.25, 0.3) is 0 Å². The molecule has 1 aromatic carbocycles. The Morgan fingerprint density at radius 3 is 2.74 bits per heavy atom. The monoisotopic (exact) mass is 262 g/mol. The molecule has 0 fully saturated rings. The predicted octanol–water partition coefficient (Wildman–Crippen LogP) is 3.23. The Morgan fingerprint density at radius 1 is 1.37 bits per heavy atom. The first-order chi connectivity index (χ1) is 8.88. The molecule has 0 spiro atoms. The predicted molar refractivity (Wildman–Crippen MR) is 80.9 cm³/mol. The zero-order valence-electron chi connectivity index (χ0n) is 12.7. The Morgan fingerprint density at radius 2 is 2.05 bits per heavy atom. The Bertz CT molecular complexity index is 425. The number of nitrogens with zero attached hydrogens (tertiary/aromatic N) is 1. The summed E-state index contributed by atoms with van der Waals surface area (Å²) < 4.78 is 6.06. The van der Waals surface area contributed by atoms with Gasteiger partial charge in [-0.25, -0.2) is 0 Å². The highest BCUT2D eigenvalue weighted by Gasteiger charge is 2.27. The van der Waals surface area contributed by atoms with Crippen LogP contribution in [0.3, 0.4) is 0 Å². The number of hydrogen-bond acceptors (Lipinski definition) is 3. The summed E-state index contributed by atoms with van der Waals surface area (Å²) in [5.41, 5.74) is 1.39. The summed E-state index contributed by atoms with van der Waals surface area (Å²) in [5.74, 6) is 0.968. The minimum absolute atomic E-state index is 0.213. The number of anilines is 1. The van der Waals surface area contributed by atoms with Crippen molar-refractivity contribution in [2.75, 3.05) is 25.5 Å². The zero-order valence-corrected chi connectivity index (χ0v) is 12.7. The SMILES string of the molecule is CC(N(C)CC1CNc2ccccc2O1)C(C)(C)C. The molecule has 1 aliphatic rings. The van der Waals surface area contributed by atoms with Gasteiger partial charge in [-0.2, -0.15) is 0 Å². The van der Waals surface area contributed by atoms with Gasteiger partial charge in [-0.05, 0) is 31.5 Å². The highest BCUT2D eigenvalue weighted by atomic mass is 16.5. The molecule has 3 heteroatoms. The fraction of sp³-hybridized carbons (Fsp3) is 0.625. The van der Waals surface area contributed by atoms with Crippen molar-refractivity contribution < 1.29 is 4.74 Å². The van der Waals surface area contributed by atoms with Crippen LogP contribution in [0.15, 0.2) is 24.3 Å². The maximum atomic E-state index is 6.06. The van der Waals surface area contributed by atoms with Gasteiger partial charge in [0.1, 0.15) is 11.9 Å². The van der Waals surface area contributed by atoms with Gasteiger partial charge < -0.3 is 10.1 Å². The topological polar surface area (TPSA) is 24.5 Å². The van der Waals surface area contributed by atoms with Crippen LogP contribution in [0.25, 0.3) is 0 Å². The second-order valence-corrected chi connectivity index (χ2v) is 6.60. The lowest BCUT2D eigenvalue weighted by Crippen LogP contribution is -2.47. The van der Waals surface area contributed by atoms with Crippen molar-refractivity contribution in [3.63, 3.8) is 0 Å². The van der Waals surface area contributed by atoms with E-state index in [9.17, 15) is 0 Å². The van der Waals surface area contributed by atoms with E-state index in [1.54, 1.807) is 0 Å². The number of likely N-dealkylation sites (N-methyl/N-ethyl adjacent to an activating group) is 1. The van der Waals surface area contributed by atoms with Crippen LogP contribution in [0.5, 0.6) is 5.75 Å². The van der Waals surface area contributed by atoms with Gasteiger partial charge in [-0.3, -0.25) is 4.90 Å². The van der Waals surface area contributed by atoms with Crippen molar-refractivity contribution in [2.24, 2.45) is 5.41 Å². The summed E-state index contributed by atoms with van der Waals surface area (Å²) in [6.07, 6.45) is 0.213. The molecule has 1 aliphatic heterocycles. The fourth-order valence-corrected chi connectivity index (χ4v) is 2.40. The van der Waals surface area contributed by atoms with E-state index < -0.39 is 0 Å². The minimum Gasteiger partial charge on any atom is -0.485 e. The molecule has 0 amide bonds. The molecule has 0 radical (unpaired) electrons. The zero-order chi connectivity index (χ0) is 14.0. The third kappa shape index (κ3) is 3.41. The molecule has 0 aliphatic carbocycles. The molecular formula is C16H26N2O. The standard InChI is InChI=1S/C16H26N2O/c1-12(16(2,3)4)18(5)11-13-10-17-14-8-6-7-9-15(14)19-13/h6-9,12-13,17H,10-11H2,1-5H3. The Kier molecular flexibility index (Phi) is 4.04. The number of nitrogens with one attached hydrogen (secondary N) is 1. The molecule has 0 saturated heterocycles. The first-order valence-electron chi connectivity index (χ1n) is 7.07. The molecule has 1 aromatic rings. The summed E-state index contributed by atoms with van der Waals surface area (Å²) >= 11 is 0. The lowest BCUT2D eigenvalue weighted by atomic mass is 9.87. The van der Waals surface area contributed by atoms with Crippen molar-refractivity contribution in [3.05, 3.63) is 24.3 Å². The van der Waals surface area contributed by atoms with Crippen LogP contribution < -0.4 is 10.1 Å². The van der Waals surface area contributed by atoms with E-state index in [1.807, 2.05) is 18.2 Å². The second-order valence-electron chi connectivity index (χ2n) is 6.60. The Hall–Kier alpha value is -1.22. The maximum absolute atomic E-state index is 6.06. The molecule has 0 bridgehead atoms. The van der Waals surface area contributed by atoms with Crippen molar-refractivity contribution in [1.29, 1.82) is 0 Å². The van der Waals surface area contributed by atoms with E-state index in [4.69, 9.17) is 4.74 Å². The third-order valence-corrected chi connectivity index (χ3v) is 4.11. The average molecular weight is 262 g/mol. The van der Waals surface area contributed by atoms with Gasteiger partial charge in [-0.1, -0.05) is 32.9 Å². The molecule has 1 N–H and O–H groups in total. The van der Waals surface area contributed by atoms with Crippen molar-refractivity contribution in [2.45, 2.75) is 39.8 Å². The highest BCUT2D eigenvalue weighted by Crippen LogP contribution is 2.29. The summed E-state index contributed by atoms with van der Waals surface area (Å²) in [4.78, 5) is 2.39. The lowest BCUT2D eigenvalue weighted by Gasteiger charge is -2.38. The van der Waals surface area contributed by atoms with E-state index in [-0.39, 0.29) is 11.5 Å². The molecule has 0 aromatic heterocycles. The average Bonchev–Trinajstić information content (AvgIpc) is 2.36. The number of fused-ring (bicyclic) bond motifs is 1. The third-order valence-electron chi connectivity index (χ3n) is 4.11. The van der Waals surface area contributed by atoms with Crippen LogP contribution in [-0.2, 0) is 0 Å². The number of hydrogen-bond donors (Lipinski definition) is 1. The maximum Gasteiger partial charge on any atom is 0.142 e. The largest absolute Gasteiger partial charge is 0.485 e.